The van der Waals surface area contributed by atoms with Crippen molar-refractivity contribution < 1.29 is 36.9 Å². The molecule has 5 heteroatoms. The van der Waals surface area contributed by atoms with Gasteiger partial charge in [-0.2, -0.15) is 0 Å². The van der Waals surface area contributed by atoms with Crippen LogP contribution < -0.4 is 0 Å². The summed E-state index contributed by atoms with van der Waals surface area (Å²) >= 11 is 0. The molecule has 4 nitrogen and oxygen atoms in total. The summed E-state index contributed by atoms with van der Waals surface area (Å²) in [5.74, 6) is 1.80. The first-order chi connectivity index (χ1) is 27.4. The van der Waals surface area contributed by atoms with Gasteiger partial charge in [0.25, 0.3) is 0 Å². The fourth-order valence-corrected chi connectivity index (χ4v) is 6.29. The molecule has 0 aliphatic carbocycles. The second-order valence-corrected chi connectivity index (χ2v) is 12.6. The summed E-state index contributed by atoms with van der Waals surface area (Å²) in [5.41, 5.74) is 7.49. The molecule has 8 aromatic rings. The molecular formula is C45H41IrN3O-2. The molecule has 0 spiro atoms. The molecule has 50 heavy (non-hydrogen) atoms. The third-order valence-corrected chi connectivity index (χ3v) is 8.69. The zero-order chi connectivity index (χ0) is 41.7. The first-order valence-electron chi connectivity index (χ1n) is 20.8. The molecule has 0 amide bonds. The largest absolute Gasteiger partial charge is 0.501 e. The van der Waals surface area contributed by atoms with E-state index in [0.29, 0.717) is 28.2 Å². The van der Waals surface area contributed by atoms with Crippen molar-refractivity contribution in [1.29, 1.82) is 0 Å². The SMILES string of the molecule is CC(C)c1cccc(C(C)C)c1-n1c(-c2[c-]cccc2)nc2ccccc21.[2H]C([2H])([2H])c1cnc(-c2[c-]cc(C([2H])([2H])[2H])c3c2oc2ccccc23)cc1C([2H])([2H])[2H].[Ir]. The molecule has 0 unspecified atom stereocenters. The third-order valence-electron chi connectivity index (χ3n) is 8.69. The summed E-state index contributed by atoms with van der Waals surface area (Å²) in [6.45, 7) is 1.27. The number of fused-ring (bicyclic) bond motifs is 4. The predicted molar refractivity (Wildman–Crippen MR) is 204 cm³/mol. The van der Waals surface area contributed by atoms with E-state index in [-0.39, 0.29) is 53.6 Å². The van der Waals surface area contributed by atoms with Crippen LogP contribution in [0.4, 0.5) is 0 Å². The van der Waals surface area contributed by atoms with Crippen molar-refractivity contribution in [3.05, 3.63) is 149 Å². The van der Waals surface area contributed by atoms with Gasteiger partial charge in [-0.1, -0.05) is 106 Å². The van der Waals surface area contributed by atoms with E-state index in [4.69, 9.17) is 21.7 Å². The summed E-state index contributed by atoms with van der Waals surface area (Å²) in [6.07, 6.45) is 1.02. The number of aryl methyl sites for hydroxylation is 3. The van der Waals surface area contributed by atoms with E-state index in [1.54, 1.807) is 24.3 Å². The van der Waals surface area contributed by atoms with Crippen LogP contribution in [0.3, 0.4) is 0 Å². The molecular weight excluding hydrogens is 791 g/mol. The number of hydrogen-bond acceptors (Lipinski definition) is 3. The number of rotatable bonds is 5. The zero-order valence-corrected chi connectivity index (χ0v) is 30.5. The van der Waals surface area contributed by atoms with Crippen molar-refractivity contribution in [2.24, 2.45) is 0 Å². The van der Waals surface area contributed by atoms with Crippen molar-refractivity contribution >= 4 is 33.0 Å². The Morgan fingerprint density at radius 3 is 2.20 bits per heavy atom. The molecule has 5 aromatic carbocycles. The molecule has 8 rings (SSSR count). The Balaban J connectivity index is 0.000000197. The van der Waals surface area contributed by atoms with Gasteiger partial charge in [-0.3, -0.25) is 4.98 Å². The molecule has 0 N–H and O–H groups in total. The average molecular weight is 841 g/mol. The molecule has 0 saturated heterocycles. The number of nitrogens with zero attached hydrogens (tertiary/aromatic N) is 3. The van der Waals surface area contributed by atoms with Crippen LogP contribution in [0.15, 0.2) is 114 Å². The van der Waals surface area contributed by atoms with Crippen molar-refractivity contribution in [2.45, 2.75) is 60.1 Å². The summed E-state index contributed by atoms with van der Waals surface area (Å²) in [7, 11) is 0. The van der Waals surface area contributed by atoms with Crippen LogP contribution in [0.25, 0.3) is 61.3 Å². The van der Waals surface area contributed by atoms with E-state index in [1.807, 2.05) is 18.2 Å². The second kappa shape index (κ2) is 14.6. The molecule has 0 aliphatic rings. The quantitative estimate of drug-likeness (QED) is 0.162. The number of furan rings is 1. The number of para-hydroxylation sites is 4. The summed E-state index contributed by atoms with van der Waals surface area (Å²) in [4.78, 5) is 9.15. The summed E-state index contributed by atoms with van der Waals surface area (Å²) in [5, 5.41) is 0.954. The minimum absolute atomic E-state index is 0. The summed E-state index contributed by atoms with van der Waals surface area (Å²) < 4.78 is 78.1. The van der Waals surface area contributed by atoms with Crippen LogP contribution in [0.2, 0.25) is 0 Å². The Morgan fingerprint density at radius 2 is 1.48 bits per heavy atom. The van der Waals surface area contributed by atoms with Crippen molar-refractivity contribution in [3.8, 4) is 28.3 Å². The molecule has 1 radical (unpaired) electrons. The smallest absolute Gasteiger partial charge is 0.120 e. The van der Waals surface area contributed by atoms with Gasteiger partial charge in [0, 0.05) is 49.7 Å². The van der Waals surface area contributed by atoms with Gasteiger partial charge in [0.1, 0.15) is 5.58 Å². The molecule has 0 atom stereocenters. The van der Waals surface area contributed by atoms with Gasteiger partial charge in [-0.05, 0) is 66.1 Å². The van der Waals surface area contributed by atoms with Gasteiger partial charge in [0.15, 0.2) is 0 Å². The average Bonchev–Trinajstić information content (AvgIpc) is 3.76. The van der Waals surface area contributed by atoms with Crippen molar-refractivity contribution in [3.63, 3.8) is 0 Å². The number of pyridine rings is 1. The molecule has 0 bridgehead atoms. The predicted octanol–water partition coefficient (Wildman–Crippen LogP) is 12.1. The maximum Gasteiger partial charge on any atom is 0.120 e. The van der Waals surface area contributed by atoms with Crippen molar-refractivity contribution in [1.82, 2.24) is 14.5 Å². The van der Waals surface area contributed by atoms with Crippen LogP contribution in [0, 0.1) is 32.7 Å². The van der Waals surface area contributed by atoms with Gasteiger partial charge in [-0.25, -0.2) is 0 Å². The molecule has 0 aliphatic heterocycles. The normalized spacial score (nSPS) is 14.7. The van der Waals surface area contributed by atoms with Crippen molar-refractivity contribution in [2.75, 3.05) is 0 Å². The fraction of sp³-hybridized carbons (Fsp3) is 0.200. The van der Waals surface area contributed by atoms with E-state index in [0.717, 1.165) is 28.6 Å². The van der Waals surface area contributed by atoms with E-state index in [2.05, 4.69) is 97.9 Å². The van der Waals surface area contributed by atoms with Gasteiger partial charge in [0.2, 0.25) is 0 Å². The maximum absolute atomic E-state index is 7.88. The van der Waals surface area contributed by atoms with E-state index in [9.17, 15) is 0 Å². The Hall–Kier alpha value is -4.83. The first kappa shape index (κ1) is 25.2. The Bertz CT molecular complexity index is 2740. The minimum Gasteiger partial charge on any atom is -0.501 e. The second-order valence-electron chi connectivity index (χ2n) is 12.6. The number of imidazole rings is 1. The van der Waals surface area contributed by atoms with Crippen LogP contribution in [0.1, 0.15) is 79.7 Å². The maximum atomic E-state index is 7.88. The molecule has 0 saturated carbocycles. The third kappa shape index (κ3) is 6.44. The Morgan fingerprint density at radius 1 is 0.760 bits per heavy atom. The monoisotopic (exact) mass is 841 g/mol. The van der Waals surface area contributed by atoms with Crippen LogP contribution in [0.5, 0.6) is 0 Å². The molecule has 253 valence electrons. The Labute approximate surface area is 321 Å². The number of hydrogen-bond donors (Lipinski definition) is 0. The van der Waals surface area contributed by atoms with Gasteiger partial charge >= 0.3 is 0 Å². The minimum atomic E-state index is -2.69. The van der Waals surface area contributed by atoms with Crippen LogP contribution >= 0.6 is 0 Å². The Kier molecular flexibility index (Phi) is 7.33. The fourth-order valence-electron chi connectivity index (χ4n) is 6.29. The topological polar surface area (TPSA) is 43.9 Å². The van der Waals surface area contributed by atoms with Gasteiger partial charge < -0.3 is 14.0 Å². The zero-order valence-electron chi connectivity index (χ0n) is 37.1. The van der Waals surface area contributed by atoms with E-state index >= 15 is 0 Å². The summed E-state index contributed by atoms with van der Waals surface area (Å²) in [6, 6.07) is 38.8. The van der Waals surface area contributed by atoms with E-state index in [1.165, 1.54) is 28.9 Å². The standard InChI is InChI=1S/C25H25N2.C20H16NO.Ir/c1-17(2)20-13-10-14-21(18(3)4)24(20)27-23-16-9-8-15-22(23)26-25(27)19-11-6-5-7-12-19;1-12-8-9-15(17-10-13(2)14(3)11-21-17)20-19(12)16-6-4-5-7-18(16)22-20;/h5-11,13-18H,1-4H3;4-8,10-11H,1-3H3;/q2*-1;/i;1D3,2D3,3D3;. The molecule has 3 heterocycles. The first-order valence-corrected chi connectivity index (χ1v) is 16.3. The number of benzene rings is 5. The number of aromatic nitrogens is 3. The molecule has 3 aromatic heterocycles. The van der Waals surface area contributed by atoms with Crippen LogP contribution in [-0.2, 0) is 20.1 Å². The van der Waals surface area contributed by atoms with E-state index < -0.39 is 20.6 Å². The van der Waals surface area contributed by atoms with Gasteiger partial charge in [-0.15, -0.1) is 53.6 Å². The van der Waals surface area contributed by atoms with Crippen LogP contribution in [-0.4, -0.2) is 14.5 Å². The van der Waals surface area contributed by atoms with Gasteiger partial charge in [0.05, 0.1) is 22.4 Å². The molecule has 0 fully saturated rings.